The number of nitrogens with zero attached hydrogens (tertiary/aromatic N) is 3. The average molecular weight is 390 g/mol. The van der Waals surface area contributed by atoms with Crippen molar-refractivity contribution >= 4 is 17.6 Å². The van der Waals surface area contributed by atoms with Gasteiger partial charge in [-0.05, 0) is 48.5 Å². The van der Waals surface area contributed by atoms with Gasteiger partial charge in [0.15, 0.2) is 12.4 Å². The van der Waals surface area contributed by atoms with Gasteiger partial charge in [0.1, 0.15) is 0 Å². The van der Waals surface area contributed by atoms with Crippen molar-refractivity contribution in [1.29, 1.82) is 0 Å². The van der Waals surface area contributed by atoms with Crippen LogP contribution < -0.4 is 5.32 Å². The number of hydrogen-bond donors (Lipinski definition) is 1. The molecular weight excluding hydrogens is 376 g/mol. The zero-order chi connectivity index (χ0) is 20.1. The van der Waals surface area contributed by atoms with Crippen LogP contribution in [-0.2, 0) is 11.3 Å². The highest BCUT2D eigenvalue weighted by molar-refractivity contribution is 6.02. The molecule has 3 aromatic heterocycles. The number of anilines is 1. The number of ether oxygens (including phenoxy) is 1. The lowest BCUT2D eigenvalue weighted by atomic mass is 10.2. The summed E-state index contributed by atoms with van der Waals surface area (Å²) in [6.45, 7) is -0.164. The third-order valence-electron chi connectivity index (χ3n) is 3.84. The Labute approximate surface area is 164 Å². The number of rotatable bonds is 6. The molecule has 4 rings (SSSR count). The van der Waals surface area contributed by atoms with Crippen LogP contribution in [0.15, 0.2) is 76.1 Å². The third-order valence-corrected chi connectivity index (χ3v) is 3.84. The van der Waals surface area contributed by atoms with Crippen LogP contribution in [0.3, 0.4) is 0 Å². The first-order valence-corrected chi connectivity index (χ1v) is 8.54. The third kappa shape index (κ3) is 4.35. The summed E-state index contributed by atoms with van der Waals surface area (Å²) in [6, 6.07) is 13.0. The molecule has 4 aromatic rings. The first-order valence-electron chi connectivity index (χ1n) is 8.54. The summed E-state index contributed by atoms with van der Waals surface area (Å²) in [5.41, 5.74) is 1.52. The number of hydrogen-bond acceptors (Lipinski definition) is 8. The van der Waals surface area contributed by atoms with Crippen LogP contribution >= 0.6 is 0 Å². The lowest BCUT2D eigenvalue weighted by Gasteiger charge is -2.05. The fourth-order valence-electron chi connectivity index (χ4n) is 2.43. The molecule has 0 aliphatic carbocycles. The molecule has 0 spiro atoms. The number of aromatic nitrogens is 3. The van der Waals surface area contributed by atoms with Crippen molar-refractivity contribution in [2.24, 2.45) is 0 Å². The van der Waals surface area contributed by atoms with Gasteiger partial charge in [-0.15, -0.1) is 0 Å². The monoisotopic (exact) mass is 390 g/mol. The van der Waals surface area contributed by atoms with E-state index in [4.69, 9.17) is 13.7 Å². The molecule has 0 aliphatic rings. The summed E-state index contributed by atoms with van der Waals surface area (Å²) in [5.74, 6) is -0.222. The summed E-state index contributed by atoms with van der Waals surface area (Å²) in [5, 5.41) is 6.50. The standard InChI is InChI=1S/C20H14N4O5/c25-19(16-4-2-10-27-16)22-15-7-5-13(6-8-15)20(26)28-12-17-23-18(24-29-17)14-3-1-9-21-11-14/h1-11H,12H2,(H,22,25). The number of pyridine rings is 1. The lowest BCUT2D eigenvalue weighted by Crippen LogP contribution is -2.11. The Kier molecular flexibility index (Phi) is 5.10. The molecule has 29 heavy (non-hydrogen) atoms. The molecule has 1 aromatic carbocycles. The van der Waals surface area contributed by atoms with E-state index in [9.17, 15) is 9.59 Å². The Balaban J connectivity index is 1.33. The number of furan rings is 1. The lowest BCUT2D eigenvalue weighted by molar-refractivity contribution is 0.0430. The Morgan fingerprint density at radius 3 is 2.66 bits per heavy atom. The largest absolute Gasteiger partial charge is 0.459 e. The van der Waals surface area contributed by atoms with Crippen molar-refractivity contribution in [2.75, 3.05) is 5.32 Å². The van der Waals surface area contributed by atoms with Gasteiger partial charge < -0.3 is 19.0 Å². The highest BCUT2D eigenvalue weighted by atomic mass is 16.6. The number of benzene rings is 1. The minimum absolute atomic E-state index is 0.164. The van der Waals surface area contributed by atoms with E-state index in [0.29, 0.717) is 22.6 Å². The molecule has 0 aliphatic heterocycles. The van der Waals surface area contributed by atoms with Gasteiger partial charge in [-0.2, -0.15) is 4.98 Å². The van der Waals surface area contributed by atoms with E-state index in [2.05, 4.69) is 20.4 Å². The van der Waals surface area contributed by atoms with Crippen LogP contribution in [0.2, 0.25) is 0 Å². The van der Waals surface area contributed by atoms with E-state index in [0.717, 1.165) is 0 Å². The molecule has 0 unspecified atom stereocenters. The van der Waals surface area contributed by atoms with Crippen molar-refractivity contribution in [3.63, 3.8) is 0 Å². The normalized spacial score (nSPS) is 10.5. The highest BCUT2D eigenvalue weighted by Gasteiger charge is 2.13. The van der Waals surface area contributed by atoms with Crippen LogP contribution in [0.4, 0.5) is 5.69 Å². The van der Waals surface area contributed by atoms with Gasteiger partial charge >= 0.3 is 5.97 Å². The van der Waals surface area contributed by atoms with E-state index >= 15 is 0 Å². The molecule has 0 saturated carbocycles. The van der Waals surface area contributed by atoms with Crippen molar-refractivity contribution in [3.8, 4) is 11.4 Å². The molecule has 9 nitrogen and oxygen atoms in total. The summed E-state index contributed by atoms with van der Waals surface area (Å²) in [4.78, 5) is 32.3. The predicted octanol–water partition coefficient (Wildman–Crippen LogP) is 3.33. The average Bonchev–Trinajstić information content (AvgIpc) is 3.45. The van der Waals surface area contributed by atoms with Crippen molar-refractivity contribution in [3.05, 3.63) is 84.4 Å². The van der Waals surface area contributed by atoms with Crippen LogP contribution in [0.1, 0.15) is 26.8 Å². The Morgan fingerprint density at radius 2 is 1.93 bits per heavy atom. The minimum atomic E-state index is -0.560. The zero-order valence-electron chi connectivity index (χ0n) is 14.9. The van der Waals surface area contributed by atoms with Gasteiger partial charge in [0.25, 0.3) is 11.8 Å². The fraction of sp³-hybridized carbons (Fsp3) is 0.0500. The Bertz CT molecular complexity index is 1110. The molecular formula is C20H14N4O5. The molecule has 1 N–H and O–H groups in total. The Hall–Kier alpha value is -4.27. The van der Waals surface area contributed by atoms with Crippen LogP contribution in [-0.4, -0.2) is 27.0 Å². The molecule has 9 heteroatoms. The summed E-state index contributed by atoms with van der Waals surface area (Å²) in [7, 11) is 0. The first kappa shape index (κ1) is 18.1. The smallest absolute Gasteiger partial charge is 0.338 e. The fourth-order valence-corrected chi connectivity index (χ4v) is 2.43. The first-order chi connectivity index (χ1) is 14.2. The summed E-state index contributed by atoms with van der Waals surface area (Å²) >= 11 is 0. The zero-order valence-corrected chi connectivity index (χ0v) is 14.9. The second kappa shape index (κ2) is 8.17. The van der Waals surface area contributed by atoms with E-state index in [-0.39, 0.29) is 24.2 Å². The van der Waals surface area contributed by atoms with Gasteiger partial charge in [0.05, 0.1) is 11.8 Å². The number of carbonyl (C=O) groups is 2. The summed E-state index contributed by atoms with van der Waals surface area (Å²) in [6.07, 6.45) is 4.66. The van der Waals surface area contributed by atoms with Gasteiger partial charge in [-0.1, -0.05) is 5.16 Å². The van der Waals surface area contributed by atoms with E-state index in [1.54, 1.807) is 48.8 Å². The maximum atomic E-state index is 12.2. The molecule has 1 amide bonds. The van der Waals surface area contributed by atoms with E-state index < -0.39 is 5.97 Å². The van der Waals surface area contributed by atoms with E-state index in [1.165, 1.54) is 18.4 Å². The number of esters is 1. The van der Waals surface area contributed by atoms with Gasteiger partial charge in [-0.3, -0.25) is 9.78 Å². The second-order valence-electron chi connectivity index (χ2n) is 5.84. The second-order valence-corrected chi connectivity index (χ2v) is 5.84. The number of carbonyl (C=O) groups excluding carboxylic acids is 2. The number of nitrogens with one attached hydrogen (secondary N) is 1. The van der Waals surface area contributed by atoms with Crippen LogP contribution in [0.5, 0.6) is 0 Å². The molecule has 144 valence electrons. The van der Waals surface area contributed by atoms with Gasteiger partial charge in [0, 0.05) is 23.6 Å². The summed E-state index contributed by atoms with van der Waals surface area (Å²) < 4.78 is 15.3. The highest BCUT2D eigenvalue weighted by Crippen LogP contribution is 2.16. The predicted molar refractivity (Wildman–Crippen MR) is 99.8 cm³/mol. The van der Waals surface area contributed by atoms with Crippen LogP contribution in [0, 0.1) is 0 Å². The molecule has 0 radical (unpaired) electrons. The van der Waals surface area contributed by atoms with Gasteiger partial charge in [0.2, 0.25) is 5.82 Å². The van der Waals surface area contributed by atoms with Crippen molar-refractivity contribution in [1.82, 2.24) is 15.1 Å². The topological polar surface area (TPSA) is 120 Å². The molecule has 0 saturated heterocycles. The Morgan fingerprint density at radius 1 is 1.07 bits per heavy atom. The quantitative estimate of drug-likeness (QED) is 0.498. The maximum Gasteiger partial charge on any atom is 0.338 e. The molecule has 0 bridgehead atoms. The van der Waals surface area contributed by atoms with Crippen LogP contribution in [0.25, 0.3) is 11.4 Å². The van der Waals surface area contributed by atoms with Crippen molar-refractivity contribution in [2.45, 2.75) is 6.61 Å². The molecule has 0 fully saturated rings. The SMILES string of the molecule is O=C(OCc1nc(-c2cccnc2)no1)c1ccc(NC(=O)c2ccco2)cc1. The maximum absolute atomic E-state index is 12.2. The van der Waals surface area contributed by atoms with Crippen molar-refractivity contribution < 1.29 is 23.3 Å². The van der Waals surface area contributed by atoms with Gasteiger partial charge in [-0.25, -0.2) is 4.79 Å². The molecule has 3 heterocycles. The number of amides is 1. The van der Waals surface area contributed by atoms with E-state index in [1.807, 2.05) is 0 Å². The molecule has 0 atom stereocenters. The minimum Gasteiger partial charge on any atom is -0.459 e.